The summed E-state index contributed by atoms with van der Waals surface area (Å²) in [6, 6.07) is 6.27. The van der Waals surface area contributed by atoms with Crippen molar-refractivity contribution in [3.63, 3.8) is 0 Å². The highest BCUT2D eigenvalue weighted by atomic mass is 32.2. The number of rotatable bonds is 3. The highest BCUT2D eigenvalue weighted by Gasteiger charge is 2.38. The Labute approximate surface area is 172 Å². The van der Waals surface area contributed by atoms with Gasteiger partial charge in [-0.1, -0.05) is 0 Å². The molecule has 1 aliphatic rings. The largest absolute Gasteiger partial charge is 0.490 e. The fourth-order valence-electron chi connectivity index (χ4n) is 2.60. The standard InChI is InChI=1S/C16H16FN3O2S.C2HF3O2/c1-20-13(21)7-9-5-6-18-16(22)14(9)15(20)19-12-4-3-10(23-2)8-11(12)17;3-2(4,5)1(6)7/h3-4,7-8,19H,5-6H2,1-2H3,(H,18,22);(H,6,7). The van der Waals surface area contributed by atoms with Gasteiger partial charge in [0.05, 0.1) is 11.3 Å². The van der Waals surface area contributed by atoms with Crippen LogP contribution in [0.1, 0.15) is 15.9 Å². The second-order valence-corrected chi connectivity index (χ2v) is 6.95. The van der Waals surface area contributed by atoms with Gasteiger partial charge in [-0.15, -0.1) is 11.8 Å². The van der Waals surface area contributed by atoms with Gasteiger partial charge in [-0.3, -0.25) is 14.2 Å². The molecule has 1 aromatic heterocycles. The average Bonchev–Trinajstić information content (AvgIpc) is 2.66. The van der Waals surface area contributed by atoms with Gasteiger partial charge >= 0.3 is 12.1 Å². The van der Waals surface area contributed by atoms with Crippen LogP contribution in [0.15, 0.2) is 34.0 Å². The predicted octanol–water partition coefficient (Wildman–Crippen LogP) is 2.91. The van der Waals surface area contributed by atoms with Crippen LogP contribution in [0.25, 0.3) is 0 Å². The summed E-state index contributed by atoms with van der Waals surface area (Å²) in [4.78, 5) is 34.0. The minimum atomic E-state index is -5.08. The molecule has 0 aliphatic carbocycles. The molecule has 7 nitrogen and oxygen atoms in total. The number of carbonyl (C=O) groups is 2. The number of alkyl halides is 3. The van der Waals surface area contributed by atoms with E-state index in [1.54, 1.807) is 19.2 Å². The second-order valence-electron chi connectivity index (χ2n) is 6.07. The third-order valence-corrected chi connectivity index (χ3v) is 4.83. The fourth-order valence-corrected chi connectivity index (χ4v) is 3.02. The number of thioether (sulfide) groups is 1. The van der Waals surface area contributed by atoms with E-state index in [0.29, 0.717) is 29.9 Å². The zero-order chi connectivity index (χ0) is 22.6. The van der Waals surface area contributed by atoms with Crippen LogP contribution < -0.4 is 16.2 Å². The van der Waals surface area contributed by atoms with E-state index in [2.05, 4.69) is 10.6 Å². The Bertz CT molecular complexity index is 1040. The molecule has 30 heavy (non-hydrogen) atoms. The number of aliphatic carboxylic acids is 1. The summed E-state index contributed by atoms with van der Waals surface area (Å²) in [6.07, 6.45) is -2.64. The quantitative estimate of drug-likeness (QED) is 0.494. The van der Waals surface area contributed by atoms with E-state index in [9.17, 15) is 27.2 Å². The monoisotopic (exact) mass is 447 g/mol. The number of nitrogens with one attached hydrogen (secondary N) is 2. The maximum absolute atomic E-state index is 14.2. The van der Waals surface area contributed by atoms with Crippen LogP contribution in [0, 0.1) is 5.82 Å². The van der Waals surface area contributed by atoms with Gasteiger partial charge in [0.1, 0.15) is 11.6 Å². The number of hydrogen-bond donors (Lipinski definition) is 3. The molecule has 0 unspecified atom stereocenters. The minimum Gasteiger partial charge on any atom is -0.475 e. The number of anilines is 2. The number of carbonyl (C=O) groups excluding carboxylic acids is 1. The molecule has 3 rings (SSSR count). The lowest BCUT2D eigenvalue weighted by molar-refractivity contribution is -0.192. The summed E-state index contributed by atoms with van der Waals surface area (Å²) < 4.78 is 47.3. The SMILES string of the molecule is CSc1ccc(Nc2c3c(cc(=O)n2C)CCNC3=O)c(F)c1.O=C(O)C(F)(F)F. The Balaban J connectivity index is 0.000000396. The van der Waals surface area contributed by atoms with Crippen molar-refractivity contribution < 1.29 is 32.3 Å². The van der Waals surface area contributed by atoms with Crippen LogP contribution in [0.5, 0.6) is 0 Å². The molecule has 1 aliphatic heterocycles. The van der Waals surface area contributed by atoms with Gasteiger partial charge in [0.25, 0.3) is 11.5 Å². The van der Waals surface area contributed by atoms with Crippen molar-refractivity contribution in [3.05, 3.63) is 51.6 Å². The van der Waals surface area contributed by atoms with Gasteiger partial charge in [0.2, 0.25) is 0 Å². The molecule has 0 bridgehead atoms. The first-order chi connectivity index (χ1) is 14.0. The smallest absolute Gasteiger partial charge is 0.475 e. The van der Waals surface area contributed by atoms with Crippen LogP contribution in [-0.2, 0) is 18.3 Å². The summed E-state index contributed by atoms with van der Waals surface area (Å²) in [5.41, 5.74) is 1.07. The number of amides is 1. The van der Waals surface area contributed by atoms with Crippen molar-refractivity contribution in [2.75, 3.05) is 18.1 Å². The normalized spacial score (nSPS) is 12.9. The van der Waals surface area contributed by atoms with Crippen molar-refractivity contribution in [2.45, 2.75) is 17.5 Å². The molecule has 2 heterocycles. The Kier molecular flexibility index (Phi) is 7.13. The maximum atomic E-state index is 14.2. The highest BCUT2D eigenvalue weighted by Crippen LogP contribution is 2.28. The van der Waals surface area contributed by atoms with E-state index in [0.717, 1.165) is 4.90 Å². The third-order valence-electron chi connectivity index (χ3n) is 4.10. The van der Waals surface area contributed by atoms with Crippen molar-refractivity contribution in [3.8, 4) is 0 Å². The Hall–Kier alpha value is -3.02. The second kappa shape index (κ2) is 9.20. The molecule has 0 radical (unpaired) electrons. The fraction of sp³-hybridized carbons (Fsp3) is 0.278. The van der Waals surface area contributed by atoms with Gasteiger partial charge in [-0.05, 0) is 36.4 Å². The van der Waals surface area contributed by atoms with Crippen molar-refractivity contribution in [2.24, 2.45) is 7.05 Å². The van der Waals surface area contributed by atoms with Crippen LogP contribution in [0.2, 0.25) is 0 Å². The molecule has 3 N–H and O–H groups in total. The molecular weight excluding hydrogens is 430 g/mol. The van der Waals surface area contributed by atoms with E-state index in [4.69, 9.17) is 9.90 Å². The number of pyridine rings is 1. The molecule has 0 spiro atoms. The van der Waals surface area contributed by atoms with Crippen LogP contribution >= 0.6 is 11.8 Å². The van der Waals surface area contributed by atoms with Gasteiger partial charge in [0, 0.05) is 24.6 Å². The molecule has 2 aromatic rings. The van der Waals surface area contributed by atoms with Gasteiger partial charge in [-0.2, -0.15) is 13.2 Å². The van der Waals surface area contributed by atoms with E-state index in [1.165, 1.54) is 28.5 Å². The highest BCUT2D eigenvalue weighted by molar-refractivity contribution is 7.98. The molecule has 0 saturated carbocycles. The van der Waals surface area contributed by atoms with E-state index < -0.39 is 18.0 Å². The first-order valence-electron chi connectivity index (χ1n) is 8.37. The number of hydrogen-bond acceptors (Lipinski definition) is 5. The Morgan fingerprint density at radius 3 is 2.43 bits per heavy atom. The molecule has 0 atom stereocenters. The minimum absolute atomic E-state index is 0.226. The van der Waals surface area contributed by atoms with Crippen LogP contribution in [0.4, 0.5) is 29.1 Å². The number of fused-ring (bicyclic) bond motifs is 1. The molecule has 1 aromatic carbocycles. The summed E-state index contributed by atoms with van der Waals surface area (Å²) in [6.45, 7) is 0.495. The summed E-state index contributed by atoms with van der Waals surface area (Å²) in [7, 11) is 1.56. The van der Waals surface area contributed by atoms with Crippen molar-refractivity contribution >= 4 is 35.1 Å². The lowest BCUT2D eigenvalue weighted by atomic mass is 10.0. The van der Waals surface area contributed by atoms with Crippen molar-refractivity contribution in [1.29, 1.82) is 0 Å². The summed E-state index contributed by atoms with van der Waals surface area (Å²) in [5, 5.41) is 12.8. The number of aromatic nitrogens is 1. The average molecular weight is 447 g/mol. The number of carboxylic acids is 1. The topological polar surface area (TPSA) is 100 Å². The van der Waals surface area contributed by atoms with E-state index in [1.807, 2.05) is 6.26 Å². The van der Waals surface area contributed by atoms with Gasteiger partial charge in [-0.25, -0.2) is 9.18 Å². The maximum Gasteiger partial charge on any atom is 0.490 e. The predicted molar refractivity (Wildman–Crippen MR) is 103 cm³/mol. The van der Waals surface area contributed by atoms with Crippen molar-refractivity contribution in [1.82, 2.24) is 9.88 Å². The first-order valence-corrected chi connectivity index (χ1v) is 9.60. The summed E-state index contributed by atoms with van der Waals surface area (Å²) in [5.74, 6) is -3.14. The third kappa shape index (κ3) is 5.32. The van der Waals surface area contributed by atoms with E-state index in [-0.39, 0.29) is 17.2 Å². The lowest BCUT2D eigenvalue weighted by Crippen LogP contribution is -2.36. The first kappa shape index (κ1) is 23.3. The molecule has 0 saturated heterocycles. The number of nitrogens with zero attached hydrogens (tertiary/aromatic N) is 1. The molecular formula is C18H17F4N3O4S. The Morgan fingerprint density at radius 2 is 1.90 bits per heavy atom. The van der Waals surface area contributed by atoms with Crippen LogP contribution in [-0.4, -0.2) is 40.5 Å². The zero-order valence-corrected chi connectivity index (χ0v) is 16.6. The molecule has 1 amide bonds. The van der Waals surface area contributed by atoms with Gasteiger partial charge < -0.3 is 15.7 Å². The Morgan fingerprint density at radius 1 is 1.27 bits per heavy atom. The lowest BCUT2D eigenvalue weighted by Gasteiger charge is -2.22. The van der Waals surface area contributed by atoms with E-state index >= 15 is 0 Å². The molecule has 0 fully saturated rings. The molecule has 12 heteroatoms. The molecule has 162 valence electrons. The number of carboxylic acid groups (broad SMARTS) is 1. The summed E-state index contributed by atoms with van der Waals surface area (Å²) >= 11 is 1.44. The number of halogens is 4. The van der Waals surface area contributed by atoms with Crippen LogP contribution in [0.3, 0.4) is 0 Å². The van der Waals surface area contributed by atoms with Gasteiger partial charge in [0.15, 0.2) is 0 Å². The number of benzene rings is 1. The zero-order valence-electron chi connectivity index (χ0n) is 15.8.